The van der Waals surface area contributed by atoms with Gasteiger partial charge in [-0.3, -0.25) is 13.9 Å². The molecule has 7 nitrogen and oxygen atoms in total. The maximum absolute atomic E-state index is 14.6. The van der Waals surface area contributed by atoms with Crippen LogP contribution in [0.25, 0.3) is 0 Å². The number of anilines is 1. The van der Waals surface area contributed by atoms with Crippen molar-refractivity contribution in [2.24, 2.45) is 0 Å². The maximum atomic E-state index is 14.6. The van der Waals surface area contributed by atoms with Crippen LogP contribution in [-0.4, -0.2) is 44.3 Å². The highest BCUT2D eigenvalue weighted by Crippen LogP contribution is 2.29. The van der Waals surface area contributed by atoms with Crippen LogP contribution in [0.1, 0.15) is 40.3 Å². The average Bonchev–Trinajstić information content (AvgIpc) is 3.01. The molecule has 230 valence electrons. The molecular formula is C36H41N3O4S. The Bertz CT molecular complexity index is 1700. The Labute approximate surface area is 261 Å². The van der Waals surface area contributed by atoms with Crippen molar-refractivity contribution < 1.29 is 18.0 Å². The Balaban J connectivity index is 1.84. The molecule has 44 heavy (non-hydrogen) atoms. The van der Waals surface area contributed by atoms with E-state index in [0.717, 1.165) is 33.4 Å². The van der Waals surface area contributed by atoms with E-state index in [1.165, 1.54) is 9.21 Å². The molecule has 0 radical (unpaired) electrons. The van der Waals surface area contributed by atoms with Gasteiger partial charge in [0, 0.05) is 19.5 Å². The monoisotopic (exact) mass is 611 g/mol. The first kappa shape index (κ1) is 32.5. The molecule has 4 aromatic carbocycles. The van der Waals surface area contributed by atoms with Gasteiger partial charge in [-0.2, -0.15) is 0 Å². The van der Waals surface area contributed by atoms with Gasteiger partial charge in [-0.15, -0.1) is 0 Å². The van der Waals surface area contributed by atoms with Gasteiger partial charge in [-0.25, -0.2) is 8.42 Å². The van der Waals surface area contributed by atoms with Crippen molar-refractivity contribution in [1.29, 1.82) is 0 Å². The van der Waals surface area contributed by atoms with Crippen LogP contribution in [0, 0.1) is 27.7 Å². The second-order valence-corrected chi connectivity index (χ2v) is 13.0. The fraction of sp³-hybridized carbons (Fsp3) is 0.278. The highest BCUT2D eigenvalue weighted by molar-refractivity contribution is 7.92. The lowest BCUT2D eigenvalue weighted by molar-refractivity contribution is -0.140. The summed E-state index contributed by atoms with van der Waals surface area (Å²) >= 11 is 0. The third-order valence-corrected chi connectivity index (χ3v) is 9.73. The highest BCUT2D eigenvalue weighted by Gasteiger charge is 2.35. The quantitative estimate of drug-likeness (QED) is 0.216. The van der Waals surface area contributed by atoms with Gasteiger partial charge in [0.1, 0.15) is 12.6 Å². The summed E-state index contributed by atoms with van der Waals surface area (Å²) in [6, 6.07) is 28.4. The Morgan fingerprint density at radius 3 is 2.07 bits per heavy atom. The van der Waals surface area contributed by atoms with E-state index >= 15 is 0 Å². The fourth-order valence-corrected chi connectivity index (χ4v) is 6.65. The number of hydrogen-bond donors (Lipinski definition) is 1. The summed E-state index contributed by atoms with van der Waals surface area (Å²) in [5.41, 5.74) is 5.75. The van der Waals surface area contributed by atoms with Crippen LogP contribution in [0.4, 0.5) is 5.69 Å². The third kappa shape index (κ3) is 7.55. The summed E-state index contributed by atoms with van der Waals surface area (Å²) in [4.78, 5) is 29.8. The van der Waals surface area contributed by atoms with Gasteiger partial charge in [-0.1, -0.05) is 84.4 Å². The van der Waals surface area contributed by atoms with Crippen LogP contribution >= 0.6 is 0 Å². The van der Waals surface area contributed by atoms with Crippen molar-refractivity contribution in [3.8, 4) is 0 Å². The van der Waals surface area contributed by atoms with Crippen molar-refractivity contribution in [3.05, 3.63) is 130 Å². The van der Waals surface area contributed by atoms with Gasteiger partial charge < -0.3 is 10.2 Å². The molecule has 1 atom stereocenters. The molecule has 2 amide bonds. The third-order valence-electron chi connectivity index (χ3n) is 7.96. The summed E-state index contributed by atoms with van der Waals surface area (Å²) in [6.45, 7) is 9.51. The molecule has 0 saturated carbocycles. The zero-order valence-corrected chi connectivity index (χ0v) is 26.9. The standard InChI is InChI=1S/C36H41N3O4S/c1-6-37-36(41)34(23-30-15-8-7-9-16-30)38(24-31-17-11-10-13-28(31)4)35(40)25-39(33-18-12-14-27(3)29(33)5)44(42,43)32-21-19-26(2)20-22-32/h7-22,34H,6,23-25H2,1-5H3,(H,37,41)/t34-/m1/s1. The number of nitrogens with zero attached hydrogens (tertiary/aromatic N) is 2. The van der Waals surface area contributed by atoms with E-state index in [1.54, 1.807) is 36.4 Å². The first-order valence-corrected chi connectivity index (χ1v) is 16.3. The first-order chi connectivity index (χ1) is 21.0. The van der Waals surface area contributed by atoms with Crippen LogP contribution in [0.5, 0.6) is 0 Å². The second kappa shape index (κ2) is 14.4. The topological polar surface area (TPSA) is 86.8 Å². The number of benzene rings is 4. The summed E-state index contributed by atoms with van der Waals surface area (Å²) < 4.78 is 29.7. The molecule has 0 spiro atoms. The van der Waals surface area contributed by atoms with E-state index in [9.17, 15) is 18.0 Å². The molecule has 0 aromatic heterocycles. The molecule has 0 heterocycles. The molecule has 0 fully saturated rings. The Morgan fingerprint density at radius 2 is 1.41 bits per heavy atom. The Morgan fingerprint density at radius 1 is 0.773 bits per heavy atom. The van der Waals surface area contributed by atoms with Gasteiger partial charge in [0.15, 0.2) is 0 Å². The minimum absolute atomic E-state index is 0.0896. The largest absolute Gasteiger partial charge is 0.355 e. The SMILES string of the molecule is CCNC(=O)[C@@H](Cc1ccccc1)N(Cc1ccccc1C)C(=O)CN(c1cccc(C)c1C)S(=O)(=O)c1ccc(C)cc1. The summed E-state index contributed by atoms with van der Waals surface area (Å²) in [5, 5.41) is 2.90. The molecular weight excluding hydrogens is 570 g/mol. The fourth-order valence-electron chi connectivity index (χ4n) is 5.17. The predicted octanol–water partition coefficient (Wildman–Crippen LogP) is 5.89. The smallest absolute Gasteiger partial charge is 0.264 e. The molecule has 0 unspecified atom stereocenters. The molecule has 1 N–H and O–H groups in total. The highest BCUT2D eigenvalue weighted by atomic mass is 32.2. The summed E-state index contributed by atoms with van der Waals surface area (Å²) in [6.07, 6.45) is 0.276. The van der Waals surface area contributed by atoms with Gasteiger partial charge >= 0.3 is 0 Å². The van der Waals surface area contributed by atoms with E-state index in [4.69, 9.17) is 0 Å². The predicted molar refractivity (Wildman–Crippen MR) is 176 cm³/mol. The van der Waals surface area contributed by atoms with Crippen LogP contribution in [0.3, 0.4) is 0 Å². The molecule has 0 aliphatic heterocycles. The minimum atomic E-state index is -4.15. The second-order valence-electron chi connectivity index (χ2n) is 11.1. The van der Waals surface area contributed by atoms with Crippen LogP contribution in [-0.2, 0) is 32.6 Å². The van der Waals surface area contributed by atoms with E-state index in [0.29, 0.717) is 12.2 Å². The lowest BCUT2D eigenvalue weighted by atomic mass is 10.0. The molecule has 8 heteroatoms. The number of hydrogen-bond acceptors (Lipinski definition) is 4. The number of carbonyl (C=O) groups excluding carboxylic acids is 2. The van der Waals surface area contributed by atoms with Crippen molar-refractivity contribution in [2.45, 2.75) is 58.5 Å². The number of carbonyl (C=O) groups is 2. The zero-order chi connectivity index (χ0) is 31.9. The number of amides is 2. The van der Waals surface area contributed by atoms with Crippen LogP contribution in [0.2, 0.25) is 0 Å². The van der Waals surface area contributed by atoms with Crippen molar-refractivity contribution in [1.82, 2.24) is 10.2 Å². The first-order valence-electron chi connectivity index (χ1n) is 14.8. The number of nitrogens with one attached hydrogen (secondary N) is 1. The Hall–Kier alpha value is -4.43. The van der Waals surface area contributed by atoms with Crippen molar-refractivity contribution in [2.75, 3.05) is 17.4 Å². The van der Waals surface area contributed by atoms with Crippen molar-refractivity contribution in [3.63, 3.8) is 0 Å². The molecule has 4 aromatic rings. The van der Waals surface area contributed by atoms with Gasteiger partial charge in [0.25, 0.3) is 10.0 Å². The maximum Gasteiger partial charge on any atom is 0.264 e. The van der Waals surface area contributed by atoms with E-state index in [-0.39, 0.29) is 23.8 Å². The zero-order valence-electron chi connectivity index (χ0n) is 26.1. The van der Waals surface area contributed by atoms with E-state index < -0.39 is 28.5 Å². The van der Waals surface area contributed by atoms with Gasteiger partial charge in [0.05, 0.1) is 10.6 Å². The summed E-state index contributed by atoms with van der Waals surface area (Å²) in [7, 11) is -4.15. The van der Waals surface area contributed by atoms with Crippen molar-refractivity contribution >= 4 is 27.5 Å². The van der Waals surface area contributed by atoms with E-state index in [2.05, 4.69) is 5.32 Å². The molecule has 0 saturated heterocycles. The molecule has 0 aliphatic rings. The van der Waals surface area contributed by atoms with Gasteiger partial charge in [-0.05, 0) is 80.6 Å². The summed E-state index contributed by atoms with van der Waals surface area (Å²) in [5.74, 6) is -0.769. The van der Waals surface area contributed by atoms with Crippen LogP contribution < -0.4 is 9.62 Å². The normalized spacial score (nSPS) is 11.9. The number of likely N-dealkylation sites (N-methyl/N-ethyl adjacent to an activating group) is 1. The molecule has 4 rings (SSSR count). The number of rotatable bonds is 12. The van der Waals surface area contributed by atoms with E-state index in [1.807, 2.05) is 95.3 Å². The lowest BCUT2D eigenvalue weighted by Crippen LogP contribution is -2.53. The average molecular weight is 612 g/mol. The minimum Gasteiger partial charge on any atom is -0.355 e. The molecule has 0 bridgehead atoms. The van der Waals surface area contributed by atoms with Gasteiger partial charge in [0.2, 0.25) is 11.8 Å². The Kier molecular flexibility index (Phi) is 10.6. The number of sulfonamides is 1. The van der Waals surface area contributed by atoms with Crippen LogP contribution in [0.15, 0.2) is 102 Å². The molecule has 0 aliphatic carbocycles. The lowest BCUT2D eigenvalue weighted by Gasteiger charge is -2.34. The number of aryl methyl sites for hydroxylation is 3.